The van der Waals surface area contributed by atoms with Crippen LogP contribution in [0.3, 0.4) is 0 Å². The number of carbonyl (C=O) groups is 3. The number of rotatable bonds is 8. The summed E-state index contributed by atoms with van der Waals surface area (Å²) in [4.78, 5) is 53.3. The van der Waals surface area contributed by atoms with Crippen molar-refractivity contribution >= 4 is 35.1 Å². The number of halogens is 4. The number of nitrogens with zero attached hydrogens (tertiary/aromatic N) is 6. The summed E-state index contributed by atoms with van der Waals surface area (Å²) >= 11 is 0. The van der Waals surface area contributed by atoms with Crippen molar-refractivity contribution in [3.8, 4) is 17.0 Å². The van der Waals surface area contributed by atoms with Crippen LogP contribution in [-0.2, 0) is 16.0 Å². The number of piperazine rings is 1. The van der Waals surface area contributed by atoms with Gasteiger partial charge in [0.15, 0.2) is 23.0 Å². The van der Waals surface area contributed by atoms with Crippen LogP contribution in [0.2, 0.25) is 0 Å². The minimum absolute atomic E-state index is 0.0495. The molecule has 0 bridgehead atoms. The van der Waals surface area contributed by atoms with Crippen molar-refractivity contribution in [2.45, 2.75) is 59.2 Å². The first kappa shape index (κ1) is 37.4. The molecule has 0 atom stereocenters. The fourth-order valence-electron chi connectivity index (χ4n) is 6.63. The van der Waals surface area contributed by atoms with Crippen LogP contribution < -0.4 is 10.1 Å². The van der Waals surface area contributed by atoms with Gasteiger partial charge in [0, 0.05) is 74.4 Å². The number of fused-ring (bicyclic) bond motifs is 1. The highest BCUT2D eigenvalue weighted by molar-refractivity contribution is 5.96. The summed E-state index contributed by atoms with van der Waals surface area (Å²) in [6.07, 6.45) is 5.59. The Balaban J connectivity index is 1.09. The number of benzene rings is 2. The summed E-state index contributed by atoms with van der Waals surface area (Å²) in [5.74, 6) is -3.78. The number of hydrogen-bond donors (Lipinski definition) is 1. The van der Waals surface area contributed by atoms with Gasteiger partial charge in [-0.05, 0) is 75.9 Å². The normalized spacial score (nSPS) is 15.6. The first-order valence-corrected chi connectivity index (χ1v) is 17.4. The molecule has 0 unspecified atom stereocenters. The third kappa shape index (κ3) is 8.15. The monoisotopic (exact) mass is 739 g/mol. The lowest BCUT2D eigenvalue weighted by molar-refractivity contribution is -0.138. The van der Waals surface area contributed by atoms with Crippen LogP contribution in [0, 0.1) is 17.6 Å². The van der Waals surface area contributed by atoms with Crippen molar-refractivity contribution in [2.75, 3.05) is 44.6 Å². The molecule has 2 aromatic heterocycles. The number of ether oxygens (including phenoxy) is 2. The smallest absolute Gasteiger partial charge is 0.410 e. The van der Waals surface area contributed by atoms with Gasteiger partial charge in [-0.1, -0.05) is 6.92 Å². The van der Waals surface area contributed by atoms with Crippen LogP contribution in [0.1, 0.15) is 56.5 Å². The first-order chi connectivity index (χ1) is 25.2. The number of imidazole rings is 1. The molecule has 16 heteroatoms. The minimum Gasteiger partial charge on any atom is -0.444 e. The van der Waals surface area contributed by atoms with Crippen LogP contribution in [0.25, 0.3) is 16.9 Å². The summed E-state index contributed by atoms with van der Waals surface area (Å²) in [6.45, 7) is 6.64. The molecule has 12 nitrogen and oxygen atoms in total. The van der Waals surface area contributed by atoms with Crippen molar-refractivity contribution in [3.63, 3.8) is 0 Å². The maximum absolute atomic E-state index is 14.9. The van der Waals surface area contributed by atoms with Crippen molar-refractivity contribution in [3.05, 3.63) is 71.7 Å². The molecule has 4 heterocycles. The molecule has 0 radical (unpaired) electrons. The van der Waals surface area contributed by atoms with E-state index in [9.17, 15) is 31.9 Å². The summed E-state index contributed by atoms with van der Waals surface area (Å²) < 4.78 is 65.6. The molecule has 2 aliphatic heterocycles. The van der Waals surface area contributed by atoms with Crippen molar-refractivity contribution in [1.82, 2.24) is 29.1 Å². The second-order valence-electron chi connectivity index (χ2n) is 13.9. The predicted octanol–water partition coefficient (Wildman–Crippen LogP) is 6.51. The molecule has 2 aromatic carbocycles. The van der Waals surface area contributed by atoms with Gasteiger partial charge in [0.05, 0.1) is 11.9 Å². The number of aryl methyl sites for hydroxylation is 1. The minimum atomic E-state index is -3.31. The van der Waals surface area contributed by atoms with Crippen molar-refractivity contribution < 1.29 is 41.4 Å². The third-order valence-electron chi connectivity index (χ3n) is 9.32. The third-order valence-corrected chi connectivity index (χ3v) is 9.32. The van der Waals surface area contributed by atoms with E-state index in [-0.39, 0.29) is 40.7 Å². The van der Waals surface area contributed by atoms with E-state index in [1.165, 1.54) is 23.0 Å². The molecular weight excluding hydrogens is 698 g/mol. The van der Waals surface area contributed by atoms with Gasteiger partial charge in [-0.15, -0.1) is 0 Å². The fraction of sp³-hybridized carbons (Fsp3) is 0.432. The van der Waals surface area contributed by atoms with Gasteiger partial charge >= 0.3 is 12.7 Å². The Bertz CT molecular complexity index is 2000. The Morgan fingerprint density at radius 3 is 2.28 bits per heavy atom. The molecular formula is C37H41F4N7O5. The molecule has 6 rings (SSSR count). The molecule has 0 aliphatic carbocycles. The number of hydrogen-bond acceptors (Lipinski definition) is 8. The maximum atomic E-state index is 14.9. The van der Waals surface area contributed by atoms with Crippen LogP contribution in [0.4, 0.5) is 33.9 Å². The number of carbonyl (C=O) groups excluding carboxylic acids is 3. The summed E-state index contributed by atoms with van der Waals surface area (Å²) in [5, 5.41) is 3.19. The van der Waals surface area contributed by atoms with Gasteiger partial charge < -0.3 is 29.5 Å². The van der Waals surface area contributed by atoms with E-state index in [0.717, 1.165) is 17.7 Å². The Morgan fingerprint density at radius 1 is 0.925 bits per heavy atom. The SMILES string of the molecule is CCc1cc(Nc2nccn3c(-c4ccc(OC(F)F)c(F)c4F)cnc23)ccc1C(=O)N1CCN(C(=O)C2CCN(C(=O)OC(C)(C)C)CC2)CC1. The van der Waals surface area contributed by atoms with E-state index in [1.54, 1.807) is 21.9 Å². The number of anilines is 2. The number of likely N-dealkylation sites (tertiary alicyclic amines) is 1. The highest BCUT2D eigenvalue weighted by Crippen LogP contribution is 2.33. The predicted molar refractivity (Wildman–Crippen MR) is 187 cm³/mol. The molecule has 0 saturated carbocycles. The molecule has 0 spiro atoms. The highest BCUT2D eigenvalue weighted by Gasteiger charge is 2.34. The van der Waals surface area contributed by atoms with Gasteiger partial charge in [-0.3, -0.25) is 14.0 Å². The average Bonchev–Trinajstić information content (AvgIpc) is 3.57. The number of alkyl halides is 2. The standard InChI is InChI=1S/C37H41F4N7O5/c1-5-22-20-24(44-31-32-43-21-27(48(32)15-12-42-31)26-8-9-28(52-35(40)41)30(39)29(26)38)6-7-25(22)34(50)46-18-16-45(17-19-46)33(49)23-10-13-47(14-11-23)36(51)53-37(2,3)4/h6-9,12,15,20-21,23,35H,5,10-11,13-14,16-19H2,1-4H3,(H,42,44). The van der Waals surface area contributed by atoms with E-state index in [1.807, 2.05) is 38.7 Å². The summed E-state index contributed by atoms with van der Waals surface area (Å²) in [6, 6.07) is 7.37. The molecule has 53 heavy (non-hydrogen) atoms. The Morgan fingerprint density at radius 2 is 1.62 bits per heavy atom. The summed E-state index contributed by atoms with van der Waals surface area (Å²) in [5.41, 5.74) is 1.59. The second kappa shape index (κ2) is 15.3. The van der Waals surface area contributed by atoms with Crippen LogP contribution in [0.5, 0.6) is 5.75 Å². The lowest BCUT2D eigenvalue weighted by Gasteiger charge is -2.39. The van der Waals surface area contributed by atoms with Gasteiger partial charge in [0.2, 0.25) is 11.7 Å². The molecule has 2 saturated heterocycles. The lowest BCUT2D eigenvalue weighted by Crippen LogP contribution is -2.53. The zero-order valence-electron chi connectivity index (χ0n) is 29.9. The lowest BCUT2D eigenvalue weighted by atomic mass is 9.95. The molecule has 2 fully saturated rings. The number of piperidine rings is 1. The Labute approximate surface area is 303 Å². The largest absolute Gasteiger partial charge is 0.444 e. The van der Waals surface area contributed by atoms with E-state index >= 15 is 0 Å². The second-order valence-corrected chi connectivity index (χ2v) is 13.9. The Kier molecular flexibility index (Phi) is 10.8. The molecule has 4 aromatic rings. The van der Waals surface area contributed by atoms with E-state index in [2.05, 4.69) is 20.0 Å². The summed E-state index contributed by atoms with van der Waals surface area (Å²) in [7, 11) is 0. The van der Waals surface area contributed by atoms with Gasteiger partial charge in [0.1, 0.15) is 5.60 Å². The maximum Gasteiger partial charge on any atom is 0.410 e. The van der Waals surface area contributed by atoms with Crippen LogP contribution >= 0.6 is 0 Å². The fourth-order valence-corrected chi connectivity index (χ4v) is 6.63. The number of amides is 3. The highest BCUT2D eigenvalue weighted by atomic mass is 19.3. The van der Waals surface area contributed by atoms with E-state index < -0.39 is 29.6 Å². The molecule has 1 N–H and O–H groups in total. The van der Waals surface area contributed by atoms with Gasteiger partial charge in [-0.2, -0.15) is 13.2 Å². The zero-order chi connectivity index (χ0) is 38.0. The zero-order valence-corrected chi connectivity index (χ0v) is 29.9. The Hall–Kier alpha value is -5.41. The van der Waals surface area contributed by atoms with Crippen molar-refractivity contribution in [1.29, 1.82) is 0 Å². The van der Waals surface area contributed by atoms with Crippen molar-refractivity contribution in [2.24, 2.45) is 5.92 Å². The molecule has 3 amide bonds. The van der Waals surface area contributed by atoms with Gasteiger partial charge in [0.25, 0.3) is 5.91 Å². The van der Waals surface area contributed by atoms with E-state index in [4.69, 9.17) is 4.74 Å². The average molecular weight is 740 g/mol. The molecule has 2 aliphatic rings. The number of aromatic nitrogens is 3. The van der Waals surface area contributed by atoms with Crippen LogP contribution in [-0.4, -0.2) is 98.5 Å². The quantitative estimate of drug-likeness (QED) is 0.203. The van der Waals surface area contributed by atoms with E-state index in [0.29, 0.717) is 75.6 Å². The van der Waals surface area contributed by atoms with Gasteiger partial charge in [-0.25, -0.2) is 19.2 Å². The van der Waals surface area contributed by atoms with Crippen LogP contribution in [0.15, 0.2) is 48.9 Å². The number of nitrogens with one attached hydrogen (secondary N) is 1. The molecule has 282 valence electrons. The topological polar surface area (TPSA) is 122 Å². The first-order valence-electron chi connectivity index (χ1n) is 17.4.